The number of benzene rings is 1. The standard InChI is InChI=1S/C12H21N3O4S2/c1-5-20(16,17)10-7-6-9(14-13)8-11(10)21(18,19)15-12(2,3)4/h6-8,14-15H,5,13H2,1-4H3. The Kier molecular flexibility index (Phi) is 5.04. The van der Waals surface area contributed by atoms with E-state index in [0.29, 0.717) is 5.69 Å². The van der Waals surface area contributed by atoms with Gasteiger partial charge in [0.25, 0.3) is 0 Å². The van der Waals surface area contributed by atoms with Gasteiger partial charge in [-0.2, -0.15) is 0 Å². The summed E-state index contributed by atoms with van der Waals surface area (Å²) in [6.45, 7) is 6.47. The van der Waals surface area contributed by atoms with Crippen molar-refractivity contribution in [2.24, 2.45) is 5.84 Å². The van der Waals surface area contributed by atoms with Crippen LogP contribution in [0.5, 0.6) is 0 Å². The van der Waals surface area contributed by atoms with E-state index in [2.05, 4.69) is 10.1 Å². The van der Waals surface area contributed by atoms with Gasteiger partial charge in [0.2, 0.25) is 10.0 Å². The van der Waals surface area contributed by atoms with E-state index in [9.17, 15) is 16.8 Å². The van der Waals surface area contributed by atoms with Crippen molar-refractivity contribution in [3.63, 3.8) is 0 Å². The normalized spacial score (nSPS) is 13.2. The molecule has 21 heavy (non-hydrogen) atoms. The van der Waals surface area contributed by atoms with Gasteiger partial charge < -0.3 is 5.43 Å². The minimum atomic E-state index is -4.00. The average molecular weight is 335 g/mol. The second kappa shape index (κ2) is 5.91. The van der Waals surface area contributed by atoms with Crippen molar-refractivity contribution in [3.05, 3.63) is 18.2 Å². The fourth-order valence-corrected chi connectivity index (χ4v) is 4.87. The molecule has 0 bridgehead atoms. The Morgan fingerprint density at radius 2 is 1.67 bits per heavy atom. The number of rotatable bonds is 5. The molecular weight excluding hydrogens is 314 g/mol. The molecule has 0 heterocycles. The number of anilines is 1. The zero-order chi connectivity index (χ0) is 16.5. The number of nitrogen functional groups attached to an aromatic ring is 1. The number of sulfone groups is 1. The third-order valence-corrected chi connectivity index (χ3v) is 6.27. The number of hydrogen-bond donors (Lipinski definition) is 3. The molecule has 9 heteroatoms. The highest BCUT2D eigenvalue weighted by atomic mass is 32.2. The van der Waals surface area contributed by atoms with Crippen LogP contribution in [0.1, 0.15) is 27.7 Å². The molecule has 0 radical (unpaired) electrons. The molecule has 0 aliphatic heterocycles. The lowest BCUT2D eigenvalue weighted by Crippen LogP contribution is -2.41. The fourth-order valence-electron chi connectivity index (χ4n) is 1.68. The maximum absolute atomic E-state index is 12.5. The second-order valence-electron chi connectivity index (χ2n) is 5.56. The van der Waals surface area contributed by atoms with E-state index in [4.69, 9.17) is 5.84 Å². The first kappa shape index (κ1) is 17.9. The minimum absolute atomic E-state index is 0.194. The summed E-state index contributed by atoms with van der Waals surface area (Å²) in [5.74, 6) is 5.07. The van der Waals surface area contributed by atoms with Crippen LogP contribution >= 0.6 is 0 Å². The van der Waals surface area contributed by atoms with Crippen molar-refractivity contribution in [3.8, 4) is 0 Å². The highest BCUT2D eigenvalue weighted by Crippen LogP contribution is 2.26. The van der Waals surface area contributed by atoms with Crippen LogP contribution in [0.2, 0.25) is 0 Å². The molecule has 7 nitrogen and oxygen atoms in total. The molecule has 0 fully saturated rings. The molecule has 0 saturated heterocycles. The molecule has 1 aromatic rings. The van der Waals surface area contributed by atoms with Gasteiger partial charge in [-0.15, -0.1) is 0 Å². The van der Waals surface area contributed by atoms with Crippen LogP contribution in [0, 0.1) is 0 Å². The molecular formula is C12H21N3O4S2. The maximum atomic E-state index is 12.5. The molecule has 120 valence electrons. The topological polar surface area (TPSA) is 118 Å². The fraction of sp³-hybridized carbons (Fsp3) is 0.500. The summed E-state index contributed by atoms with van der Waals surface area (Å²) in [6.07, 6.45) is 0. The Morgan fingerprint density at radius 3 is 2.10 bits per heavy atom. The maximum Gasteiger partial charge on any atom is 0.242 e. The number of hydrazine groups is 1. The molecule has 0 aliphatic rings. The second-order valence-corrected chi connectivity index (χ2v) is 9.46. The summed E-state index contributed by atoms with van der Waals surface area (Å²) < 4.78 is 51.5. The Hall–Kier alpha value is -1.16. The summed E-state index contributed by atoms with van der Waals surface area (Å²) in [4.78, 5) is -0.546. The highest BCUT2D eigenvalue weighted by molar-refractivity contribution is 7.93. The summed E-state index contributed by atoms with van der Waals surface area (Å²) >= 11 is 0. The SMILES string of the molecule is CCS(=O)(=O)c1ccc(NN)cc1S(=O)(=O)NC(C)(C)C. The molecule has 0 atom stereocenters. The molecule has 4 N–H and O–H groups in total. The first-order valence-corrected chi connectivity index (χ1v) is 9.44. The first-order valence-electron chi connectivity index (χ1n) is 6.30. The van der Waals surface area contributed by atoms with Crippen LogP contribution in [-0.2, 0) is 19.9 Å². The van der Waals surface area contributed by atoms with Crippen LogP contribution in [0.4, 0.5) is 5.69 Å². The average Bonchev–Trinajstić information content (AvgIpc) is 2.35. The summed E-state index contributed by atoms with van der Waals surface area (Å²) in [7, 11) is -7.68. The predicted molar refractivity (Wildman–Crippen MR) is 82.1 cm³/mol. The highest BCUT2D eigenvalue weighted by Gasteiger charge is 2.29. The Morgan fingerprint density at radius 1 is 1.10 bits per heavy atom. The zero-order valence-electron chi connectivity index (χ0n) is 12.5. The number of hydrogen-bond acceptors (Lipinski definition) is 6. The quantitative estimate of drug-likeness (QED) is 0.542. The van der Waals surface area contributed by atoms with Crippen molar-refractivity contribution in [1.29, 1.82) is 0 Å². The van der Waals surface area contributed by atoms with Gasteiger partial charge in [0.15, 0.2) is 9.84 Å². The number of nitrogens with two attached hydrogens (primary N) is 1. The van der Waals surface area contributed by atoms with Crippen molar-refractivity contribution >= 4 is 25.5 Å². The molecule has 0 saturated carbocycles. The minimum Gasteiger partial charge on any atom is -0.324 e. The van der Waals surface area contributed by atoms with E-state index >= 15 is 0 Å². The van der Waals surface area contributed by atoms with E-state index in [-0.39, 0.29) is 15.5 Å². The lowest BCUT2D eigenvalue weighted by molar-refractivity contribution is 0.490. The van der Waals surface area contributed by atoms with Crippen LogP contribution in [0.15, 0.2) is 28.0 Å². The zero-order valence-corrected chi connectivity index (χ0v) is 14.1. The van der Waals surface area contributed by atoms with E-state index in [0.717, 1.165) is 0 Å². The summed E-state index contributed by atoms with van der Waals surface area (Å²) in [5.41, 5.74) is 1.88. The largest absolute Gasteiger partial charge is 0.324 e. The molecule has 1 aromatic carbocycles. The van der Waals surface area contributed by atoms with E-state index in [1.165, 1.54) is 25.1 Å². The van der Waals surface area contributed by atoms with E-state index in [1.54, 1.807) is 20.8 Å². The van der Waals surface area contributed by atoms with E-state index in [1.807, 2.05) is 0 Å². The molecule has 0 spiro atoms. The predicted octanol–water partition coefficient (Wildman–Crippen LogP) is 0.843. The van der Waals surface area contributed by atoms with Gasteiger partial charge in [-0.25, -0.2) is 21.6 Å². The van der Waals surface area contributed by atoms with Gasteiger partial charge >= 0.3 is 0 Å². The van der Waals surface area contributed by atoms with Crippen molar-refractivity contribution in [2.45, 2.75) is 43.0 Å². The third-order valence-electron chi connectivity index (χ3n) is 2.56. The lowest BCUT2D eigenvalue weighted by atomic mass is 10.1. The van der Waals surface area contributed by atoms with Crippen molar-refractivity contribution < 1.29 is 16.8 Å². The van der Waals surface area contributed by atoms with Gasteiger partial charge in [-0.3, -0.25) is 5.84 Å². The molecule has 0 unspecified atom stereocenters. The van der Waals surface area contributed by atoms with Crippen LogP contribution in [0.25, 0.3) is 0 Å². The Bertz CT molecular complexity index is 719. The van der Waals surface area contributed by atoms with Crippen molar-refractivity contribution in [1.82, 2.24) is 4.72 Å². The van der Waals surface area contributed by atoms with Crippen LogP contribution in [-0.4, -0.2) is 28.1 Å². The lowest BCUT2D eigenvalue weighted by Gasteiger charge is -2.21. The Balaban J connectivity index is 3.59. The van der Waals surface area contributed by atoms with Gasteiger partial charge in [0.1, 0.15) is 4.90 Å². The monoisotopic (exact) mass is 335 g/mol. The van der Waals surface area contributed by atoms with Gasteiger partial charge in [0.05, 0.1) is 10.6 Å². The van der Waals surface area contributed by atoms with Crippen LogP contribution in [0.3, 0.4) is 0 Å². The molecule has 0 amide bonds. The molecule has 0 aliphatic carbocycles. The van der Waals surface area contributed by atoms with Crippen molar-refractivity contribution in [2.75, 3.05) is 11.2 Å². The number of nitrogens with one attached hydrogen (secondary N) is 2. The van der Waals surface area contributed by atoms with E-state index < -0.39 is 25.4 Å². The summed E-state index contributed by atoms with van der Waals surface area (Å²) in [5, 5.41) is 0. The molecule has 0 aromatic heterocycles. The third kappa shape index (κ3) is 4.40. The van der Waals surface area contributed by atoms with Crippen LogP contribution < -0.4 is 16.0 Å². The first-order chi connectivity index (χ1) is 9.43. The summed E-state index contributed by atoms with van der Waals surface area (Å²) in [6, 6.07) is 3.86. The smallest absolute Gasteiger partial charge is 0.242 e. The van der Waals surface area contributed by atoms with Gasteiger partial charge in [-0.1, -0.05) is 6.92 Å². The van der Waals surface area contributed by atoms with Gasteiger partial charge in [0, 0.05) is 11.2 Å². The molecule has 1 rings (SSSR count). The Labute approximate surface area is 125 Å². The van der Waals surface area contributed by atoms with Gasteiger partial charge in [-0.05, 0) is 39.0 Å². The number of sulfonamides is 1.